The number of aromatic nitrogens is 1. The van der Waals surface area contributed by atoms with Crippen LogP contribution in [-0.2, 0) is 6.54 Å². The maximum atomic E-state index is 4.46. The molecule has 1 saturated heterocycles. The summed E-state index contributed by atoms with van der Waals surface area (Å²) in [5.41, 5.74) is 2.39. The van der Waals surface area contributed by atoms with Crippen LogP contribution in [0, 0.1) is 0 Å². The number of anilines is 1. The number of nitrogens with one attached hydrogen (secondary N) is 1. The van der Waals surface area contributed by atoms with E-state index in [0.717, 1.165) is 19.5 Å². The molecule has 17 heavy (non-hydrogen) atoms. The topological polar surface area (TPSA) is 28.2 Å². The minimum Gasteiger partial charge on any atom is -0.385 e. The van der Waals surface area contributed by atoms with Gasteiger partial charge in [-0.3, -0.25) is 9.88 Å². The van der Waals surface area contributed by atoms with E-state index < -0.39 is 0 Å². The van der Waals surface area contributed by atoms with Crippen molar-refractivity contribution in [2.24, 2.45) is 0 Å². The molecule has 0 saturated carbocycles. The maximum absolute atomic E-state index is 4.46. The van der Waals surface area contributed by atoms with Gasteiger partial charge in [0.15, 0.2) is 0 Å². The highest BCUT2D eigenvalue weighted by Gasteiger charge is 2.10. The van der Waals surface area contributed by atoms with Gasteiger partial charge in [0.1, 0.15) is 0 Å². The molecule has 0 spiro atoms. The van der Waals surface area contributed by atoms with Crippen LogP contribution in [0.4, 0.5) is 5.69 Å². The van der Waals surface area contributed by atoms with Crippen LogP contribution in [0.1, 0.15) is 38.3 Å². The lowest BCUT2D eigenvalue weighted by Crippen LogP contribution is -2.29. The van der Waals surface area contributed by atoms with E-state index >= 15 is 0 Å². The van der Waals surface area contributed by atoms with Crippen LogP contribution in [0.3, 0.4) is 0 Å². The van der Waals surface area contributed by atoms with Crippen LogP contribution < -0.4 is 5.32 Å². The van der Waals surface area contributed by atoms with Crippen molar-refractivity contribution in [1.29, 1.82) is 0 Å². The van der Waals surface area contributed by atoms with E-state index in [2.05, 4.69) is 34.3 Å². The van der Waals surface area contributed by atoms with Gasteiger partial charge in [-0.2, -0.15) is 0 Å². The second-order valence-corrected chi connectivity index (χ2v) is 4.80. The van der Waals surface area contributed by atoms with Crippen LogP contribution in [0.2, 0.25) is 0 Å². The molecule has 1 N–H and O–H groups in total. The zero-order valence-electron chi connectivity index (χ0n) is 10.8. The summed E-state index contributed by atoms with van der Waals surface area (Å²) in [6.45, 7) is 6.68. The Labute approximate surface area is 104 Å². The number of piperidine rings is 1. The predicted molar refractivity (Wildman–Crippen MR) is 72.1 cm³/mol. The van der Waals surface area contributed by atoms with Crippen molar-refractivity contribution >= 4 is 5.69 Å². The van der Waals surface area contributed by atoms with Gasteiger partial charge in [0.25, 0.3) is 0 Å². The van der Waals surface area contributed by atoms with Crippen molar-refractivity contribution in [3.05, 3.63) is 24.0 Å². The van der Waals surface area contributed by atoms with Crippen molar-refractivity contribution in [3.63, 3.8) is 0 Å². The number of nitrogens with zero attached hydrogens (tertiary/aromatic N) is 2. The number of likely N-dealkylation sites (tertiary alicyclic amines) is 1. The summed E-state index contributed by atoms with van der Waals surface area (Å²) in [5.74, 6) is 0. The fraction of sp³-hybridized carbons (Fsp3) is 0.643. The molecule has 0 unspecified atom stereocenters. The largest absolute Gasteiger partial charge is 0.385 e. The lowest BCUT2D eigenvalue weighted by atomic mass is 10.1. The fourth-order valence-corrected chi connectivity index (χ4v) is 2.29. The third kappa shape index (κ3) is 4.00. The minimum atomic E-state index is 1.00. The smallest absolute Gasteiger partial charge is 0.0564 e. The van der Waals surface area contributed by atoms with E-state index in [4.69, 9.17) is 0 Å². The highest BCUT2D eigenvalue weighted by molar-refractivity contribution is 5.43. The Kier molecular flexibility index (Phi) is 4.80. The van der Waals surface area contributed by atoms with Gasteiger partial charge in [0.2, 0.25) is 0 Å². The van der Waals surface area contributed by atoms with Crippen LogP contribution in [-0.4, -0.2) is 29.5 Å². The first-order chi connectivity index (χ1) is 8.38. The third-order valence-corrected chi connectivity index (χ3v) is 3.23. The molecule has 3 heteroatoms. The summed E-state index contributed by atoms with van der Waals surface area (Å²) in [7, 11) is 0. The van der Waals surface area contributed by atoms with Gasteiger partial charge in [0, 0.05) is 25.0 Å². The van der Waals surface area contributed by atoms with Crippen molar-refractivity contribution in [2.45, 2.75) is 39.2 Å². The van der Waals surface area contributed by atoms with E-state index in [-0.39, 0.29) is 0 Å². The monoisotopic (exact) mass is 233 g/mol. The van der Waals surface area contributed by atoms with E-state index in [9.17, 15) is 0 Å². The second kappa shape index (κ2) is 6.60. The molecule has 2 rings (SSSR count). The normalized spacial score (nSPS) is 17.0. The molecule has 1 aliphatic rings. The van der Waals surface area contributed by atoms with Gasteiger partial charge in [0.05, 0.1) is 5.69 Å². The van der Waals surface area contributed by atoms with Crippen molar-refractivity contribution in [3.8, 4) is 0 Å². The summed E-state index contributed by atoms with van der Waals surface area (Å²) in [4.78, 5) is 6.97. The van der Waals surface area contributed by atoms with Gasteiger partial charge >= 0.3 is 0 Å². The molecular weight excluding hydrogens is 210 g/mol. The lowest BCUT2D eigenvalue weighted by Gasteiger charge is -2.26. The van der Waals surface area contributed by atoms with E-state index in [1.807, 2.05) is 6.20 Å². The molecule has 0 aromatic carbocycles. The fourth-order valence-electron chi connectivity index (χ4n) is 2.29. The molecular formula is C14H23N3. The average molecular weight is 233 g/mol. The van der Waals surface area contributed by atoms with Crippen LogP contribution in [0.25, 0.3) is 0 Å². The molecule has 0 aliphatic carbocycles. The first-order valence-corrected chi connectivity index (χ1v) is 6.79. The Morgan fingerprint density at radius 3 is 2.88 bits per heavy atom. The number of pyridine rings is 1. The van der Waals surface area contributed by atoms with Crippen molar-refractivity contribution in [2.75, 3.05) is 25.0 Å². The highest BCUT2D eigenvalue weighted by Crippen LogP contribution is 2.14. The van der Waals surface area contributed by atoms with E-state index in [1.165, 1.54) is 43.7 Å². The van der Waals surface area contributed by atoms with Gasteiger partial charge in [-0.05, 0) is 44.5 Å². The molecule has 1 aliphatic heterocycles. The molecule has 0 bridgehead atoms. The maximum Gasteiger partial charge on any atom is 0.0564 e. The Morgan fingerprint density at radius 1 is 1.29 bits per heavy atom. The Bertz CT molecular complexity index is 332. The summed E-state index contributed by atoms with van der Waals surface area (Å²) in [5, 5.41) is 3.41. The molecule has 0 amide bonds. The first kappa shape index (κ1) is 12.4. The number of hydrogen-bond acceptors (Lipinski definition) is 3. The van der Waals surface area contributed by atoms with Crippen LogP contribution >= 0.6 is 0 Å². The number of rotatable bonds is 5. The third-order valence-electron chi connectivity index (χ3n) is 3.23. The van der Waals surface area contributed by atoms with Gasteiger partial charge in [-0.1, -0.05) is 13.3 Å². The zero-order chi connectivity index (χ0) is 11.9. The Hall–Kier alpha value is -1.09. The molecule has 3 nitrogen and oxygen atoms in total. The van der Waals surface area contributed by atoms with Gasteiger partial charge < -0.3 is 5.32 Å². The molecule has 1 aromatic rings. The molecule has 2 heterocycles. The average Bonchev–Trinajstić information content (AvgIpc) is 2.38. The van der Waals surface area contributed by atoms with Gasteiger partial charge in [-0.15, -0.1) is 0 Å². The molecule has 0 radical (unpaired) electrons. The minimum absolute atomic E-state index is 1.00. The SMILES string of the molecule is CCCNc1ccnc(CN2CCCCC2)c1. The summed E-state index contributed by atoms with van der Waals surface area (Å²) in [6, 6.07) is 4.24. The van der Waals surface area contributed by atoms with E-state index in [0.29, 0.717) is 0 Å². The quantitative estimate of drug-likeness (QED) is 0.847. The summed E-state index contributed by atoms with van der Waals surface area (Å²) >= 11 is 0. The molecule has 94 valence electrons. The summed E-state index contributed by atoms with van der Waals surface area (Å²) < 4.78 is 0. The van der Waals surface area contributed by atoms with E-state index in [1.54, 1.807) is 0 Å². The highest BCUT2D eigenvalue weighted by atomic mass is 15.1. The Balaban J connectivity index is 1.90. The molecule has 0 atom stereocenters. The predicted octanol–water partition coefficient (Wildman–Crippen LogP) is 2.89. The Morgan fingerprint density at radius 2 is 2.12 bits per heavy atom. The van der Waals surface area contributed by atoms with Gasteiger partial charge in [-0.25, -0.2) is 0 Å². The zero-order valence-corrected chi connectivity index (χ0v) is 10.8. The number of hydrogen-bond donors (Lipinski definition) is 1. The first-order valence-electron chi connectivity index (χ1n) is 6.79. The van der Waals surface area contributed by atoms with Crippen LogP contribution in [0.15, 0.2) is 18.3 Å². The summed E-state index contributed by atoms with van der Waals surface area (Å²) in [6.07, 6.45) is 7.14. The second-order valence-electron chi connectivity index (χ2n) is 4.80. The standard InChI is InChI=1S/C14H23N3/c1-2-7-15-13-6-8-16-14(11-13)12-17-9-4-3-5-10-17/h6,8,11H,2-5,7,9-10,12H2,1H3,(H,15,16). The molecule has 1 fully saturated rings. The molecule has 1 aromatic heterocycles. The van der Waals surface area contributed by atoms with Crippen molar-refractivity contribution < 1.29 is 0 Å². The lowest BCUT2D eigenvalue weighted by molar-refractivity contribution is 0.218. The van der Waals surface area contributed by atoms with Crippen LogP contribution in [0.5, 0.6) is 0 Å². The van der Waals surface area contributed by atoms with Crippen molar-refractivity contribution in [1.82, 2.24) is 9.88 Å².